The van der Waals surface area contributed by atoms with Gasteiger partial charge >= 0.3 is 7.82 Å². The lowest BCUT2D eigenvalue weighted by Gasteiger charge is -2.20. The fourth-order valence-corrected chi connectivity index (χ4v) is 1.27. The molecule has 1 rings (SSSR count). The average Bonchev–Trinajstić information content (AvgIpc) is 2.20. The van der Waals surface area contributed by atoms with E-state index in [1.165, 1.54) is 5.69 Å². The number of nitrogens with zero attached hydrogens (tertiary/aromatic N) is 1. The highest BCUT2D eigenvalue weighted by Crippen LogP contribution is 2.25. The maximum Gasteiger partial charge on any atom is 0.466 e. The van der Waals surface area contributed by atoms with Crippen LogP contribution in [0.5, 0.6) is 0 Å². The standard InChI is InChI=1S/C10H16N2.H3O4P/c1-3-12(4-2)10-7-5-9(11)6-8-10;1-5(2,3)4/h5-8H,3-4,11H2,1-2H3;(H3,1,2,3,4). The van der Waals surface area contributed by atoms with Crippen molar-refractivity contribution in [3.63, 3.8) is 0 Å². The second-order valence-electron chi connectivity index (χ2n) is 3.28. The molecule has 0 spiro atoms. The molecular formula is C10H19N2O4P. The van der Waals surface area contributed by atoms with Crippen LogP contribution in [-0.2, 0) is 4.57 Å². The molecule has 0 saturated heterocycles. The van der Waals surface area contributed by atoms with E-state index in [9.17, 15) is 0 Å². The third kappa shape index (κ3) is 8.71. The van der Waals surface area contributed by atoms with Crippen LogP contribution in [0.4, 0.5) is 11.4 Å². The molecule has 98 valence electrons. The lowest BCUT2D eigenvalue weighted by atomic mass is 10.2. The highest BCUT2D eigenvalue weighted by atomic mass is 31.2. The van der Waals surface area contributed by atoms with Crippen molar-refractivity contribution in [3.8, 4) is 0 Å². The Labute approximate surface area is 101 Å². The minimum atomic E-state index is -4.64. The summed E-state index contributed by atoms with van der Waals surface area (Å²) in [6.07, 6.45) is 0. The van der Waals surface area contributed by atoms with Crippen LogP contribution >= 0.6 is 7.82 Å². The third-order valence-corrected chi connectivity index (χ3v) is 2.02. The minimum Gasteiger partial charge on any atom is -0.399 e. The zero-order valence-corrected chi connectivity index (χ0v) is 10.8. The van der Waals surface area contributed by atoms with Crippen LogP contribution in [0.25, 0.3) is 0 Å². The number of nitrogen functional groups attached to an aromatic ring is 1. The molecule has 0 unspecified atom stereocenters. The van der Waals surface area contributed by atoms with E-state index in [4.69, 9.17) is 25.0 Å². The largest absolute Gasteiger partial charge is 0.466 e. The van der Waals surface area contributed by atoms with Gasteiger partial charge in [-0.1, -0.05) is 0 Å². The van der Waals surface area contributed by atoms with E-state index < -0.39 is 7.82 Å². The summed E-state index contributed by atoms with van der Waals surface area (Å²) in [7, 11) is -4.64. The number of benzene rings is 1. The Bertz CT molecular complexity index is 351. The van der Waals surface area contributed by atoms with Crippen LogP contribution in [0.2, 0.25) is 0 Å². The summed E-state index contributed by atoms with van der Waals surface area (Å²) in [6.45, 7) is 6.39. The lowest BCUT2D eigenvalue weighted by Crippen LogP contribution is -2.21. The molecule has 0 bridgehead atoms. The Hall–Kier alpha value is -1.07. The van der Waals surface area contributed by atoms with Crippen molar-refractivity contribution < 1.29 is 19.2 Å². The Kier molecular flexibility index (Phi) is 6.83. The number of rotatable bonds is 3. The normalized spacial score (nSPS) is 10.4. The molecule has 0 aliphatic heterocycles. The molecule has 0 aromatic heterocycles. The van der Waals surface area contributed by atoms with Crippen molar-refractivity contribution in [2.24, 2.45) is 0 Å². The summed E-state index contributed by atoms with van der Waals surface area (Å²) in [4.78, 5) is 23.9. The zero-order chi connectivity index (χ0) is 13.5. The van der Waals surface area contributed by atoms with E-state index in [2.05, 4.69) is 30.9 Å². The fraction of sp³-hybridized carbons (Fsp3) is 0.400. The number of phosphoric acid groups is 1. The highest BCUT2D eigenvalue weighted by molar-refractivity contribution is 7.45. The Balaban J connectivity index is 0.000000437. The van der Waals surface area contributed by atoms with E-state index in [1.54, 1.807) is 0 Å². The van der Waals surface area contributed by atoms with Gasteiger partial charge in [-0.3, -0.25) is 0 Å². The second kappa shape index (κ2) is 7.29. The van der Waals surface area contributed by atoms with Crippen molar-refractivity contribution >= 4 is 19.2 Å². The van der Waals surface area contributed by atoms with Crippen molar-refractivity contribution in [2.45, 2.75) is 13.8 Å². The highest BCUT2D eigenvalue weighted by Gasteiger charge is 2.00. The SMILES string of the molecule is CCN(CC)c1ccc(N)cc1.O=P(O)(O)O. The minimum absolute atomic E-state index is 0.825. The van der Waals surface area contributed by atoms with Gasteiger partial charge in [0.25, 0.3) is 0 Å². The fourth-order valence-electron chi connectivity index (χ4n) is 1.27. The Morgan fingerprint density at radius 1 is 1.12 bits per heavy atom. The first-order valence-corrected chi connectivity index (χ1v) is 6.73. The molecule has 7 heteroatoms. The van der Waals surface area contributed by atoms with Gasteiger partial charge in [0.1, 0.15) is 0 Å². The predicted octanol–water partition coefficient (Wildman–Crippen LogP) is 1.19. The summed E-state index contributed by atoms with van der Waals surface area (Å²) in [5.41, 5.74) is 7.66. The van der Waals surface area contributed by atoms with Gasteiger partial charge in [-0.2, -0.15) is 0 Å². The summed E-state index contributed by atoms with van der Waals surface area (Å²) in [5, 5.41) is 0. The van der Waals surface area contributed by atoms with E-state index in [-0.39, 0.29) is 0 Å². The topological polar surface area (TPSA) is 107 Å². The van der Waals surface area contributed by atoms with Crippen LogP contribution in [0.3, 0.4) is 0 Å². The molecule has 17 heavy (non-hydrogen) atoms. The van der Waals surface area contributed by atoms with Gasteiger partial charge in [0.15, 0.2) is 0 Å². The first-order chi connectivity index (χ1) is 7.77. The molecule has 0 saturated carbocycles. The first-order valence-electron chi connectivity index (χ1n) is 5.16. The molecule has 5 N–H and O–H groups in total. The zero-order valence-electron chi connectivity index (χ0n) is 9.95. The predicted molar refractivity (Wildman–Crippen MR) is 68.7 cm³/mol. The van der Waals surface area contributed by atoms with Crippen LogP contribution in [0, 0.1) is 0 Å². The molecule has 0 aliphatic carbocycles. The third-order valence-electron chi connectivity index (χ3n) is 2.02. The van der Waals surface area contributed by atoms with E-state index >= 15 is 0 Å². The smallest absolute Gasteiger partial charge is 0.399 e. The molecule has 0 heterocycles. The van der Waals surface area contributed by atoms with Crippen LogP contribution in [-0.4, -0.2) is 27.8 Å². The second-order valence-corrected chi connectivity index (χ2v) is 4.30. The van der Waals surface area contributed by atoms with Gasteiger partial charge in [0.2, 0.25) is 0 Å². The number of nitrogens with two attached hydrogens (primary N) is 1. The maximum atomic E-state index is 8.88. The first kappa shape index (κ1) is 15.9. The molecular weight excluding hydrogens is 243 g/mol. The molecule has 0 atom stereocenters. The molecule has 6 nitrogen and oxygen atoms in total. The van der Waals surface area contributed by atoms with Crippen molar-refractivity contribution in [3.05, 3.63) is 24.3 Å². The quantitative estimate of drug-likeness (QED) is 0.481. The van der Waals surface area contributed by atoms with Crippen molar-refractivity contribution in [1.82, 2.24) is 0 Å². The van der Waals surface area contributed by atoms with Crippen LogP contribution < -0.4 is 10.6 Å². The molecule has 0 fully saturated rings. The van der Waals surface area contributed by atoms with Crippen LogP contribution in [0.15, 0.2) is 24.3 Å². The van der Waals surface area contributed by atoms with Crippen molar-refractivity contribution in [1.29, 1.82) is 0 Å². The van der Waals surface area contributed by atoms with Gasteiger partial charge in [-0.25, -0.2) is 4.57 Å². The molecule has 0 aliphatic rings. The molecule has 1 aromatic rings. The van der Waals surface area contributed by atoms with Gasteiger partial charge in [-0.15, -0.1) is 0 Å². The summed E-state index contributed by atoms with van der Waals surface area (Å²) >= 11 is 0. The van der Waals surface area contributed by atoms with Gasteiger partial charge in [0.05, 0.1) is 0 Å². The summed E-state index contributed by atoms with van der Waals surface area (Å²) in [6, 6.07) is 7.99. The molecule has 1 aromatic carbocycles. The Morgan fingerprint density at radius 2 is 1.47 bits per heavy atom. The van der Waals surface area contributed by atoms with Crippen LogP contribution in [0.1, 0.15) is 13.8 Å². The van der Waals surface area contributed by atoms with E-state index in [0.29, 0.717) is 0 Å². The van der Waals surface area contributed by atoms with Gasteiger partial charge in [-0.05, 0) is 38.1 Å². The number of anilines is 2. The maximum absolute atomic E-state index is 8.88. The van der Waals surface area contributed by atoms with Crippen molar-refractivity contribution in [2.75, 3.05) is 23.7 Å². The number of hydrogen-bond acceptors (Lipinski definition) is 3. The Morgan fingerprint density at radius 3 is 1.76 bits per heavy atom. The molecule has 0 radical (unpaired) electrons. The van der Waals surface area contributed by atoms with E-state index in [1.807, 2.05) is 12.1 Å². The monoisotopic (exact) mass is 262 g/mol. The number of hydrogen-bond donors (Lipinski definition) is 4. The van der Waals surface area contributed by atoms with E-state index in [0.717, 1.165) is 18.8 Å². The van der Waals surface area contributed by atoms with Gasteiger partial charge < -0.3 is 25.3 Å². The van der Waals surface area contributed by atoms with Gasteiger partial charge in [0, 0.05) is 24.5 Å². The average molecular weight is 262 g/mol. The summed E-state index contributed by atoms with van der Waals surface area (Å²) < 4.78 is 8.88. The lowest BCUT2D eigenvalue weighted by molar-refractivity contribution is 0.275. The molecule has 0 amide bonds. The summed E-state index contributed by atoms with van der Waals surface area (Å²) in [5.74, 6) is 0.